The first-order valence-electron chi connectivity index (χ1n) is 6.02. The van der Waals surface area contributed by atoms with E-state index in [0.29, 0.717) is 18.7 Å². The molecule has 6 heteroatoms. The summed E-state index contributed by atoms with van der Waals surface area (Å²) in [7, 11) is 0. The Balaban J connectivity index is 2.58. The third-order valence-electron chi connectivity index (χ3n) is 2.59. The first kappa shape index (κ1) is 15.4. The van der Waals surface area contributed by atoms with Crippen LogP contribution in [0.4, 0.5) is 8.78 Å². The average molecular weight is 272 g/mol. The third kappa shape index (κ3) is 5.65. The van der Waals surface area contributed by atoms with Crippen molar-refractivity contribution in [3.8, 4) is 5.75 Å². The summed E-state index contributed by atoms with van der Waals surface area (Å²) < 4.78 is 28.8. The Labute approximate surface area is 110 Å². The summed E-state index contributed by atoms with van der Waals surface area (Å²) in [6.45, 7) is -0.0475. The fourth-order valence-electron chi connectivity index (χ4n) is 1.47. The summed E-state index contributed by atoms with van der Waals surface area (Å²) in [5.41, 5.74) is 5.87. The fourth-order valence-corrected chi connectivity index (χ4v) is 1.47. The van der Waals surface area contributed by atoms with Gasteiger partial charge in [0.05, 0.1) is 6.42 Å². The van der Waals surface area contributed by atoms with Crippen LogP contribution >= 0.6 is 0 Å². The van der Waals surface area contributed by atoms with Crippen molar-refractivity contribution in [1.29, 1.82) is 0 Å². The van der Waals surface area contributed by atoms with E-state index in [-0.39, 0.29) is 24.0 Å². The minimum atomic E-state index is -2.90. The van der Waals surface area contributed by atoms with Gasteiger partial charge < -0.3 is 15.8 Å². The van der Waals surface area contributed by atoms with Crippen molar-refractivity contribution < 1.29 is 18.3 Å². The Hall–Kier alpha value is -1.69. The summed E-state index contributed by atoms with van der Waals surface area (Å²) in [4.78, 5) is 11.7. The molecule has 0 fully saturated rings. The lowest BCUT2D eigenvalue weighted by atomic mass is 10.1. The van der Waals surface area contributed by atoms with Crippen LogP contribution in [0, 0.1) is 5.92 Å². The number of nitrogens with two attached hydrogens (primary N) is 1. The number of nitrogens with one attached hydrogen (secondary N) is 1. The largest absolute Gasteiger partial charge is 0.435 e. The second kappa shape index (κ2) is 7.68. The van der Waals surface area contributed by atoms with Gasteiger partial charge in [-0.2, -0.15) is 8.78 Å². The van der Waals surface area contributed by atoms with Crippen molar-refractivity contribution in [3.05, 3.63) is 29.8 Å². The molecule has 1 unspecified atom stereocenters. The molecule has 0 aliphatic carbocycles. The van der Waals surface area contributed by atoms with Gasteiger partial charge in [-0.1, -0.05) is 25.1 Å². The monoisotopic (exact) mass is 272 g/mol. The highest BCUT2D eigenvalue weighted by molar-refractivity contribution is 5.79. The molecule has 0 saturated heterocycles. The minimum absolute atomic E-state index is 0.000183. The second-order valence-corrected chi connectivity index (χ2v) is 4.31. The normalized spacial score (nSPS) is 12.3. The zero-order valence-electron chi connectivity index (χ0n) is 10.7. The zero-order chi connectivity index (χ0) is 14.3. The van der Waals surface area contributed by atoms with Crippen LogP contribution in [0.2, 0.25) is 0 Å². The highest BCUT2D eigenvalue weighted by Crippen LogP contribution is 2.20. The van der Waals surface area contributed by atoms with Gasteiger partial charge in [-0.3, -0.25) is 4.79 Å². The molecular weight excluding hydrogens is 254 g/mol. The number of carbonyl (C=O) groups excluding carboxylic acids is 1. The van der Waals surface area contributed by atoms with Gasteiger partial charge in [-0.15, -0.1) is 0 Å². The highest BCUT2D eigenvalue weighted by atomic mass is 19.3. The first-order chi connectivity index (χ1) is 9.02. The van der Waals surface area contributed by atoms with Crippen LogP contribution in [0.25, 0.3) is 0 Å². The molecule has 0 radical (unpaired) electrons. The van der Waals surface area contributed by atoms with Crippen LogP contribution in [0.3, 0.4) is 0 Å². The van der Waals surface area contributed by atoms with Gasteiger partial charge in [0.15, 0.2) is 0 Å². The number of benzene rings is 1. The maximum absolute atomic E-state index is 12.2. The van der Waals surface area contributed by atoms with E-state index in [9.17, 15) is 13.6 Å². The number of hydrogen-bond donors (Lipinski definition) is 2. The smallest absolute Gasteiger partial charge is 0.387 e. The molecule has 0 aliphatic rings. The second-order valence-electron chi connectivity index (χ2n) is 4.31. The zero-order valence-corrected chi connectivity index (χ0v) is 10.7. The van der Waals surface area contributed by atoms with Crippen LogP contribution < -0.4 is 15.8 Å². The maximum atomic E-state index is 12.2. The summed E-state index contributed by atoms with van der Waals surface area (Å²) in [6.07, 6.45) is 0.000183. The van der Waals surface area contributed by atoms with Crippen LogP contribution in [-0.2, 0) is 11.2 Å². The molecule has 1 amide bonds. The maximum Gasteiger partial charge on any atom is 0.387 e. The van der Waals surface area contributed by atoms with E-state index in [1.54, 1.807) is 18.2 Å². The van der Waals surface area contributed by atoms with E-state index in [1.807, 2.05) is 6.92 Å². The van der Waals surface area contributed by atoms with Crippen molar-refractivity contribution in [2.24, 2.45) is 11.7 Å². The predicted molar refractivity (Wildman–Crippen MR) is 68.0 cm³/mol. The van der Waals surface area contributed by atoms with Crippen molar-refractivity contribution in [2.75, 3.05) is 13.1 Å². The molecule has 0 aromatic heterocycles. The molecule has 0 saturated carbocycles. The van der Waals surface area contributed by atoms with Gasteiger partial charge in [-0.25, -0.2) is 0 Å². The predicted octanol–water partition coefficient (Wildman–Crippen LogP) is 1.54. The van der Waals surface area contributed by atoms with Crippen LogP contribution in [0.15, 0.2) is 24.3 Å². The molecule has 106 valence electrons. The van der Waals surface area contributed by atoms with Gasteiger partial charge in [0.25, 0.3) is 0 Å². The number of carbonyl (C=O) groups is 1. The standard InChI is InChI=1S/C13H18F2N2O2/c1-9(7-16)8-17-12(18)6-10-4-2-3-5-11(10)19-13(14)15/h2-5,9,13H,6-8,16H2,1H3,(H,17,18). The van der Waals surface area contributed by atoms with Crippen LogP contribution in [0.5, 0.6) is 5.75 Å². The highest BCUT2D eigenvalue weighted by Gasteiger charge is 2.12. The van der Waals surface area contributed by atoms with Gasteiger partial charge in [0, 0.05) is 12.1 Å². The number of alkyl halides is 2. The van der Waals surface area contributed by atoms with Crippen molar-refractivity contribution in [2.45, 2.75) is 20.0 Å². The Morgan fingerprint density at radius 3 is 2.74 bits per heavy atom. The molecule has 1 aromatic carbocycles. The molecule has 1 aromatic rings. The lowest BCUT2D eigenvalue weighted by molar-refractivity contribution is -0.120. The first-order valence-corrected chi connectivity index (χ1v) is 6.02. The van der Waals surface area contributed by atoms with Crippen LogP contribution in [0.1, 0.15) is 12.5 Å². The number of rotatable bonds is 7. The van der Waals surface area contributed by atoms with E-state index in [0.717, 1.165) is 0 Å². The quantitative estimate of drug-likeness (QED) is 0.791. The molecule has 0 aliphatic heterocycles. The Bertz CT molecular complexity index is 413. The summed E-state index contributed by atoms with van der Waals surface area (Å²) in [5.74, 6) is -0.0401. The van der Waals surface area contributed by atoms with Crippen LogP contribution in [-0.4, -0.2) is 25.6 Å². The van der Waals surface area contributed by atoms with Crippen molar-refractivity contribution >= 4 is 5.91 Å². The SMILES string of the molecule is CC(CN)CNC(=O)Cc1ccccc1OC(F)F. The molecule has 1 rings (SSSR count). The summed E-state index contributed by atoms with van der Waals surface area (Å²) >= 11 is 0. The van der Waals surface area contributed by atoms with Gasteiger partial charge in [0.2, 0.25) is 5.91 Å². The number of halogens is 2. The Kier molecular flexibility index (Phi) is 6.21. The molecule has 19 heavy (non-hydrogen) atoms. The summed E-state index contributed by atoms with van der Waals surface area (Å²) in [5, 5.41) is 2.70. The number of ether oxygens (including phenoxy) is 1. The van der Waals surface area contributed by atoms with E-state index >= 15 is 0 Å². The minimum Gasteiger partial charge on any atom is -0.435 e. The Morgan fingerprint density at radius 2 is 2.11 bits per heavy atom. The molecule has 1 atom stereocenters. The van der Waals surface area contributed by atoms with Gasteiger partial charge in [0.1, 0.15) is 5.75 Å². The molecule has 0 bridgehead atoms. The summed E-state index contributed by atoms with van der Waals surface area (Å²) in [6, 6.07) is 6.25. The Morgan fingerprint density at radius 1 is 1.42 bits per heavy atom. The topological polar surface area (TPSA) is 64.3 Å². The van der Waals surface area contributed by atoms with E-state index in [1.165, 1.54) is 6.07 Å². The van der Waals surface area contributed by atoms with Crippen molar-refractivity contribution in [1.82, 2.24) is 5.32 Å². The lowest BCUT2D eigenvalue weighted by Gasteiger charge is -2.12. The fraction of sp³-hybridized carbons (Fsp3) is 0.462. The van der Waals surface area contributed by atoms with Crippen molar-refractivity contribution in [3.63, 3.8) is 0 Å². The number of amides is 1. The van der Waals surface area contributed by atoms with E-state index in [4.69, 9.17) is 5.73 Å². The van der Waals surface area contributed by atoms with Gasteiger partial charge in [-0.05, 0) is 18.5 Å². The molecule has 4 nitrogen and oxygen atoms in total. The lowest BCUT2D eigenvalue weighted by Crippen LogP contribution is -2.32. The third-order valence-corrected chi connectivity index (χ3v) is 2.59. The molecule has 0 heterocycles. The van der Waals surface area contributed by atoms with E-state index in [2.05, 4.69) is 10.1 Å². The van der Waals surface area contributed by atoms with Gasteiger partial charge >= 0.3 is 6.61 Å². The number of hydrogen-bond acceptors (Lipinski definition) is 3. The molecule has 0 spiro atoms. The molecular formula is C13H18F2N2O2. The molecule has 3 N–H and O–H groups in total. The average Bonchev–Trinajstić information content (AvgIpc) is 2.37. The van der Waals surface area contributed by atoms with E-state index < -0.39 is 6.61 Å². The number of para-hydroxylation sites is 1.